The molecule has 0 radical (unpaired) electrons. The lowest BCUT2D eigenvalue weighted by Crippen LogP contribution is -2.34. The SMILES string of the molecule is O=C(OC[C@H]1COc2ccccc2O1)c1c(F)cccc1F. The number of halogens is 2. The summed E-state index contributed by atoms with van der Waals surface area (Å²) < 4.78 is 42.9. The third-order valence-electron chi connectivity index (χ3n) is 3.13. The van der Waals surface area contributed by atoms with Gasteiger partial charge >= 0.3 is 5.97 Å². The molecule has 1 aliphatic rings. The molecule has 1 aliphatic heterocycles. The van der Waals surface area contributed by atoms with Crippen LogP contribution >= 0.6 is 0 Å². The van der Waals surface area contributed by atoms with Crippen molar-refractivity contribution in [2.24, 2.45) is 0 Å². The van der Waals surface area contributed by atoms with Crippen molar-refractivity contribution in [2.45, 2.75) is 6.10 Å². The summed E-state index contributed by atoms with van der Waals surface area (Å²) in [4.78, 5) is 11.8. The number of fused-ring (bicyclic) bond motifs is 1. The van der Waals surface area contributed by atoms with Gasteiger partial charge in [0.05, 0.1) is 0 Å². The van der Waals surface area contributed by atoms with Crippen LogP contribution in [0.2, 0.25) is 0 Å². The highest BCUT2D eigenvalue weighted by Gasteiger charge is 2.24. The normalized spacial score (nSPS) is 16.2. The quantitative estimate of drug-likeness (QED) is 0.818. The van der Waals surface area contributed by atoms with E-state index in [2.05, 4.69) is 0 Å². The van der Waals surface area contributed by atoms with Crippen LogP contribution in [0.15, 0.2) is 42.5 Å². The van der Waals surface area contributed by atoms with Crippen LogP contribution in [0.4, 0.5) is 8.78 Å². The van der Waals surface area contributed by atoms with Crippen LogP contribution in [0.25, 0.3) is 0 Å². The fourth-order valence-electron chi connectivity index (χ4n) is 2.08. The molecule has 1 atom stereocenters. The van der Waals surface area contributed by atoms with Gasteiger partial charge in [-0.3, -0.25) is 0 Å². The Kier molecular flexibility index (Phi) is 3.91. The van der Waals surface area contributed by atoms with Crippen LogP contribution in [0.3, 0.4) is 0 Å². The predicted octanol–water partition coefficient (Wildman–Crippen LogP) is 2.96. The molecule has 0 saturated carbocycles. The summed E-state index contributed by atoms with van der Waals surface area (Å²) in [5, 5.41) is 0. The second-order valence-electron chi connectivity index (χ2n) is 4.69. The molecule has 6 heteroatoms. The van der Waals surface area contributed by atoms with Crippen molar-refractivity contribution in [3.05, 3.63) is 59.7 Å². The van der Waals surface area contributed by atoms with Gasteiger partial charge in [-0.1, -0.05) is 18.2 Å². The van der Waals surface area contributed by atoms with Crippen LogP contribution < -0.4 is 9.47 Å². The molecule has 2 aromatic rings. The van der Waals surface area contributed by atoms with E-state index in [0.29, 0.717) is 11.5 Å². The van der Waals surface area contributed by atoms with Gasteiger partial charge < -0.3 is 14.2 Å². The van der Waals surface area contributed by atoms with Crippen molar-refractivity contribution in [1.82, 2.24) is 0 Å². The number of carbonyl (C=O) groups excluding carboxylic acids is 1. The van der Waals surface area contributed by atoms with Crippen molar-refractivity contribution >= 4 is 5.97 Å². The minimum Gasteiger partial charge on any atom is -0.486 e. The second kappa shape index (κ2) is 6.01. The molecule has 3 rings (SSSR count). The van der Waals surface area contributed by atoms with Crippen molar-refractivity contribution in [3.8, 4) is 11.5 Å². The average molecular weight is 306 g/mol. The van der Waals surface area contributed by atoms with Gasteiger partial charge in [0.1, 0.15) is 30.4 Å². The van der Waals surface area contributed by atoms with Crippen LogP contribution in [0.1, 0.15) is 10.4 Å². The number of para-hydroxylation sites is 2. The van der Waals surface area contributed by atoms with Crippen molar-refractivity contribution in [2.75, 3.05) is 13.2 Å². The Labute approximate surface area is 125 Å². The third-order valence-corrected chi connectivity index (χ3v) is 3.13. The summed E-state index contributed by atoms with van der Waals surface area (Å²) >= 11 is 0. The molecule has 0 saturated heterocycles. The standard InChI is InChI=1S/C16H12F2O4/c17-11-4-3-5-12(18)15(11)16(19)21-9-10-8-20-13-6-1-2-7-14(13)22-10/h1-7,10H,8-9H2/t10-/m1/s1. The lowest BCUT2D eigenvalue weighted by atomic mass is 10.2. The average Bonchev–Trinajstić information content (AvgIpc) is 2.52. The molecule has 2 aromatic carbocycles. The zero-order chi connectivity index (χ0) is 15.5. The third kappa shape index (κ3) is 2.86. The summed E-state index contributed by atoms with van der Waals surface area (Å²) in [6, 6.07) is 10.2. The van der Waals surface area contributed by atoms with Gasteiger partial charge in [0.2, 0.25) is 0 Å². The first-order chi connectivity index (χ1) is 10.6. The summed E-state index contributed by atoms with van der Waals surface area (Å²) in [5.41, 5.74) is -0.709. The van der Waals surface area contributed by atoms with Crippen LogP contribution in [0.5, 0.6) is 11.5 Å². The Hall–Kier alpha value is -2.63. The number of esters is 1. The van der Waals surface area contributed by atoms with Crippen molar-refractivity contribution < 1.29 is 27.8 Å². The lowest BCUT2D eigenvalue weighted by Gasteiger charge is -2.26. The minimum atomic E-state index is -1.07. The van der Waals surface area contributed by atoms with Crippen molar-refractivity contribution in [1.29, 1.82) is 0 Å². The molecular formula is C16H12F2O4. The maximum atomic E-state index is 13.5. The van der Waals surface area contributed by atoms with Crippen LogP contribution in [0, 0.1) is 11.6 Å². The monoisotopic (exact) mass is 306 g/mol. The molecule has 114 valence electrons. The molecule has 0 spiro atoms. The van der Waals surface area contributed by atoms with E-state index in [1.807, 2.05) is 6.07 Å². The largest absolute Gasteiger partial charge is 0.486 e. The van der Waals surface area contributed by atoms with E-state index >= 15 is 0 Å². The van der Waals surface area contributed by atoms with Crippen LogP contribution in [-0.2, 0) is 4.74 Å². The Morgan fingerprint density at radius 3 is 2.50 bits per heavy atom. The number of ether oxygens (including phenoxy) is 3. The number of hydrogen-bond donors (Lipinski definition) is 0. The molecule has 4 nitrogen and oxygen atoms in total. The number of rotatable bonds is 3. The molecule has 0 aromatic heterocycles. The van der Waals surface area contributed by atoms with E-state index in [0.717, 1.165) is 12.1 Å². The maximum absolute atomic E-state index is 13.5. The summed E-state index contributed by atoms with van der Waals surface area (Å²) in [5.74, 6) is -1.86. The van der Waals surface area contributed by atoms with Gasteiger partial charge in [-0.05, 0) is 24.3 Å². The molecule has 0 unspecified atom stereocenters. The lowest BCUT2D eigenvalue weighted by molar-refractivity contribution is 0.0103. The minimum absolute atomic E-state index is 0.166. The molecule has 0 N–H and O–H groups in total. The molecular weight excluding hydrogens is 294 g/mol. The van der Waals surface area contributed by atoms with E-state index < -0.39 is 29.3 Å². The molecule has 0 fully saturated rings. The summed E-state index contributed by atoms with van der Waals surface area (Å²) in [6.07, 6.45) is -0.534. The molecule has 0 bridgehead atoms. The maximum Gasteiger partial charge on any atom is 0.344 e. The molecule has 0 aliphatic carbocycles. The highest BCUT2D eigenvalue weighted by molar-refractivity contribution is 5.90. The highest BCUT2D eigenvalue weighted by atomic mass is 19.1. The Bertz CT molecular complexity index is 682. The number of carbonyl (C=O) groups is 1. The predicted molar refractivity (Wildman–Crippen MR) is 73.0 cm³/mol. The van der Waals surface area contributed by atoms with E-state index in [4.69, 9.17) is 14.2 Å². The topological polar surface area (TPSA) is 44.8 Å². The van der Waals surface area contributed by atoms with E-state index in [1.54, 1.807) is 18.2 Å². The molecule has 0 amide bonds. The molecule has 1 heterocycles. The fourth-order valence-corrected chi connectivity index (χ4v) is 2.08. The summed E-state index contributed by atoms with van der Waals surface area (Å²) in [7, 11) is 0. The zero-order valence-corrected chi connectivity index (χ0v) is 11.4. The first-order valence-electron chi connectivity index (χ1n) is 6.65. The van der Waals surface area contributed by atoms with Crippen LogP contribution in [-0.4, -0.2) is 25.3 Å². The van der Waals surface area contributed by atoms with Gasteiger partial charge in [-0.15, -0.1) is 0 Å². The number of hydrogen-bond acceptors (Lipinski definition) is 4. The smallest absolute Gasteiger partial charge is 0.344 e. The van der Waals surface area contributed by atoms with Gasteiger partial charge in [0.15, 0.2) is 17.6 Å². The van der Waals surface area contributed by atoms with E-state index in [1.165, 1.54) is 6.07 Å². The number of benzene rings is 2. The fraction of sp³-hybridized carbons (Fsp3) is 0.188. The summed E-state index contributed by atoms with van der Waals surface area (Å²) in [6.45, 7) is 0.0188. The van der Waals surface area contributed by atoms with E-state index in [-0.39, 0.29) is 13.2 Å². The van der Waals surface area contributed by atoms with Gasteiger partial charge in [0, 0.05) is 0 Å². The zero-order valence-electron chi connectivity index (χ0n) is 11.4. The van der Waals surface area contributed by atoms with Gasteiger partial charge in [-0.2, -0.15) is 0 Å². The van der Waals surface area contributed by atoms with E-state index in [9.17, 15) is 13.6 Å². The van der Waals surface area contributed by atoms with Gasteiger partial charge in [-0.25, -0.2) is 13.6 Å². The van der Waals surface area contributed by atoms with Crippen molar-refractivity contribution in [3.63, 3.8) is 0 Å². The highest BCUT2D eigenvalue weighted by Crippen LogP contribution is 2.30. The van der Waals surface area contributed by atoms with Gasteiger partial charge in [0.25, 0.3) is 0 Å². The second-order valence-corrected chi connectivity index (χ2v) is 4.69. The Morgan fingerprint density at radius 1 is 1.09 bits per heavy atom. The Balaban J connectivity index is 1.63. The Morgan fingerprint density at radius 2 is 1.77 bits per heavy atom. The molecule has 22 heavy (non-hydrogen) atoms. The first-order valence-corrected chi connectivity index (χ1v) is 6.65. The first kappa shape index (κ1) is 14.3.